The van der Waals surface area contributed by atoms with Crippen LogP contribution in [0.4, 0.5) is 0 Å². The van der Waals surface area contributed by atoms with Gasteiger partial charge in [-0.3, -0.25) is 0 Å². The zero-order valence-corrected chi connectivity index (χ0v) is 11.9. The standard InChI is InChI=1S/C17H25NO/c1-18-17(13-8-4-2-3-5-9-13)15-12-19-16-11-7-6-10-14(15)16/h6-7,10-11,13,15,17-18H,2-5,8-9,12H2,1H3. The molecule has 19 heavy (non-hydrogen) atoms. The van der Waals surface area contributed by atoms with Crippen LogP contribution in [-0.2, 0) is 0 Å². The van der Waals surface area contributed by atoms with Crippen molar-refractivity contribution in [2.75, 3.05) is 13.7 Å². The smallest absolute Gasteiger partial charge is 0.122 e. The lowest BCUT2D eigenvalue weighted by atomic mass is 9.81. The van der Waals surface area contributed by atoms with Gasteiger partial charge < -0.3 is 10.1 Å². The summed E-state index contributed by atoms with van der Waals surface area (Å²) in [4.78, 5) is 0. The van der Waals surface area contributed by atoms with E-state index in [-0.39, 0.29) is 0 Å². The van der Waals surface area contributed by atoms with Gasteiger partial charge in [0.25, 0.3) is 0 Å². The average molecular weight is 259 g/mol. The van der Waals surface area contributed by atoms with E-state index in [2.05, 4.69) is 36.6 Å². The molecule has 2 nitrogen and oxygen atoms in total. The van der Waals surface area contributed by atoms with Gasteiger partial charge in [-0.2, -0.15) is 0 Å². The van der Waals surface area contributed by atoms with Gasteiger partial charge in [0, 0.05) is 17.5 Å². The molecule has 0 bridgehead atoms. The van der Waals surface area contributed by atoms with Crippen molar-refractivity contribution in [3.8, 4) is 5.75 Å². The summed E-state index contributed by atoms with van der Waals surface area (Å²) < 4.78 is 5.88. The van der Waals surface area contributed by atoms with Gasteiger partial charge in [0.05, 0.1) is 6.61 Å². The highest BCUT2D eigenvalue weighted by Gasteiger charge is 2.35. The fourth-order valence-electron chi connectivity index (χ4n) is 3.92. The molecular weight excluding hydrogens is 234 g/mol. The monoisotopic (exact) mass is 259 g/mol. The molecule has 1 aromatic carbocycles. The quantitative estimate of drug-likeness (QED) is 0.835. The fraction of sp³-hybridized carbons (Fsp3) is 0.647. The summed E-state index contributed by atoms with van der Waals surface area (Å²) in [6.07, 6.45) is 8.40. The topological polar surface area (TPSA) is 21.3 Å². The summed E-state index contributed by atoms with van der Waals surface area (Å²) in [7, 11) is 2.12. The molecule has 1 aromatic rings. The van der Waals surface area contributed by atoms with E-state index >= 15 is 0 Å². The minimum absolute atomic E-state index is 0.532. The lowest BCUT2D eigenvalue weighted by Gasteiger charge is -2.30. The van der Waals surface area contributed by atoms with Crippen LogP contribution in [0.5, 0.6) is 5.75 Å². The molecule has 1 aliphatic heterocycles. The molecule has 2 unspecified atom stereocenters. The molecule has 1 fully saturated rings. The van der Waals surface area contributed by atoms with Crippen molar-refractivity contribution >= 4 is 0 Å². The molecule has 1 N–H and O–H groups in total. The third kappa shape index (κ3) is 2.64. The first-order valence-corrected chi connectivity index (χ1v) is 7.79. The van der Waals surface area contributed by atoms with E-state index in [1.54, 1.807) is 0 Å². The number of hydrogen-bond donors (Lipinski definition) is 1. The molecule has 0 saturated heterocycles. The molecule has 0 amide bonds. The molecule has 0 spiro atoms. The summed E-state index contributed by atoms with van der Waals surface area (Å²) in [5.74, 6) is 2.44. The number of rotatable bonds is 3. The van der Waals surface area contributed by atoms with Gasteiger partial charge >= 0.3 is 0 Å². The highest BCUT2D eigenvalue weighted by atomic mass is 16.5. The Morgan fingerprint density at radius 2 is 1.84 bits per heavy atom. The molecule has 2 aliphatic rings. The molecule has 1 saturated carbocycles. The largest absolute Gasteiger partial charge is 0.493 e. The second-order valence-corrected chi connectivity index (χ2v) is 6.02. The second-order valence-electron chi connectivity index (χ2n) is 6.02. The summed E-state index contributed by atoms with van der Waals surface area (Å²) in [6.45, 7) is 0.849. The SMILES string of the molecule is CNC(C1CCCCCC1)C1COc2ccccc21. The Labute approximate surface area is 116 Å². The lowest BCUT2D eigenvalue weighted by molar-refractivity contribution is 0.246. The van der Waals surface area contributed by atoms with Gasteiger partial charge in [-0.25, -0.2) is 0 Å². The maximum Gasteiger partial charge on any atom is 0.122 e. The van der Waals surface area contributed by atoms with Crippen LogP contribution in [-0.4, -0.2) is 19.7 Å². The molecule has 2 heteroatoms. The highest BCUT2D eigenvalue weighted by molar-refractivity contribution is 5.40. The Kier molecular flexibility index (Phi) is 4.07. The Balaban J connectivity index is 1.79. The minimum Gasteiger partial charge on any atom is -0.493 e. The number of likely N-dealkylation sites (N-methyl/N-ethyl adjacent to an activating group) is 1. The van der Waals surface area contributed by atoms with Crippen LogP contribution in [0.3, 0.4) is 0 Å². The molecule has 1 heterocycles. The maximum absolute atomic E-state index is 5.88. The molecule has 3 rings (SSSR count). The normalized spacial score (nSPS) is 25.4. The van der Waals surface area contributed by atoms with Crippen LogP contribution in [0.1, 0.15) is 50.0 Å². The second kappa shape index (κ2) is 5.96. The molecule has 104 valence electrons. The van der Waals surface area contributed by atoms with Gasteiger partial charge in [0.1, 0.15) is 5.75 Å². The summed E-state index contributed by atoms with van der Waals surface area (Å²) in [5.41, 5.74) is 1.41. The molecular formula is C17H25NO. The Morgan fingerprint density at radius 3 is 2.58 bits per heavy atom. The maximum atomic E-state index is 5.88. The molecule has 2 atom stereocenters. The Bertz CT molecular complexity index is 409. The van der Waals surface area contributed by atoms with Crippen molar-refractivity contribution in [3.63, 3.8) is 0 Å². The zero-order chi connectivity index (χ0) is 13.1. The van der Waals surface area contributed by atoms with Crippen molar-refractivity contribution in [1.82, 2.24) is 5.32 Å². The highest BCUT2D eigenvalue weighted by Crippen LogP contribution is 2.40. The fourth-order valence-corrected chi connectivity index (χ4v) is 3.92. The van der Waals surface area contributed by atoms with Crippen molar-refractivity contribution in [1.29, 1.82) is 0 Å². The lowest BCUT2D eigenvalue weighted by Crippen LogP contribution is -2.39. The summed E-state index contributed by atoms with van der Waals surface area (Å²) in [5, 5.41) is 3.60. The summed E-state index contributed by atoms with van der Waals surface area (Å²) in [6, 6.07) is 9.13. The van der Waals surface area contributed by atoms with E-state index in [4.69, 9.17) is 4.74 Å². The van der Waals surface area contributed by atoms with E-state index in [1.165, 1.54) is 44.1 Å². The third-order valence-electron chi connectivity index (χ3n) is 4.91. The van der Waals surface area contributed by atoms with Gasteiger partial charge in [-0.05, 0) is 31.9 Å². The third-order valence-corrected chi connectivity index (χ3v) is 4.91. The van der Waals surface area contributed by atoms with Crippen LogP contribution in [0.15, 0.2) is 24.3 Å². The predicted octanol–water partition coefficient (Wildman–Crippen LogP) is 3.72. The van der Waals surface area contributed by atoms with Crippen LogP contribution in [0.25, 0.3) is 0 Å². The Hall–Kier alpha value is -1.02. The van der Waals surface area contributed by atoms with Crippen LogP contribution in [0, 0.1) is 5.92 Å². The molecule has 1 aliphatic carbocycles. The van der Waals surface area contributed by atoms with Gasteiger partial charge in [-0.15, -0.1) is 0 Å². The van der Waals surface area contributed by atoms with E-state index < -0.39 is 0 Å². The summed E-state index contributed by atoms with van der Waals surface area (Å²) >= 11 is 0. The van der Waals surface area contributed by atoms with Crippen molar-refractivity contribution in [2.45, 2.75) is 50.5 Å². The first-order chi connectivity index (χ1) is 9.40. The number of nitrogens with one attached hydrogen (secondary N) is 1. The van der Waals surface area contributed by atoms with E-state index in [9.17, 15) is 0 Å². The van der Waals surface area contributed by atoms with Crippen LogP contribution in [0.2, 0.25) is 0 Å². The Morgan fingerprint density at radius 1 is 1.11 bits per heavy atom. The zero-order valence-electron chi connectivity index (χ0n) is 11.9. The van der Waals surface area contributed by atoms with Gasteiger partial charge in [0.2, 0.25) is 0 Å². The number of ether oxygens (including phenoxy) is 1. The first-order valence-electron chi connectivity index (χ1n) is 7.79. The average Bonchev–Trinajstić information content (AvgIpc) is 2.69. The number of hydrogen-bond acceptors (Lipinski definition) is 2. The van der Waals surface area contributed by atoms with Gasteiger partial charge in [-0.1, -0.05) is 43.9 Å². The van der Waals surface area contributed by atoms with E-state index in [0.717, 1.165) is 18.3 Å². The van der Waals surface area contributed by atoms with Crippen LogP contribution >= 0.6 is 0 Å². The molecule has 0 aromatic heterocycles. The van der Waals surface area contributed by atoms with E-state index in [0.29, 0.717) is 12.0 Å². The number of fused-ring (bicyclic) bond motifs is 1. The van der Waals surface area contributed by atoms with Crippen molar-refractivity contribution in [3.05, 3.63) is 29.8 Å². The predicted molar refractivity (Wildman–Crippen MR) is 78.7 cm³/mol. The van der Waals surface area contributed by atoms with Crippen molar-refractivity contribution in [2.24, 2.45) is 5.92 Å². The van der Waals surface area contributed by atoms with Crippen LogP contribution < -0.4 is 10.1 Å². The molecule has 0 radical (unpaired) electrons. The minimum atomic E-state index is 0.532. The van der Waals surface area contributed by atoms with Gasteiger partial charge in [0.15, 0.2) is 0 Å². The number of para-hydroxylation sites is 1. The van der Waals surface area contributed by atoms with Crippen molar-refractivity contribution < 1.29 is 4.74 Å². The first kappa shape index (κ1) is 13.0. The van der Waals surface area contributed by atoms with E-state index in [1.807, 2.05) is 0 Å². The number of benzene rings is 1.